The van der Waals surface area contributed by atoms with Crippen LogP contribution in [0.15, 0.2) is 30.3 Å². The molecular weight excluding hydrogens is 218 g/mol. The van der Waals surface area contributed by atoms with Gasteiger partial charge in [0.1, 0.15) is 0 Å². The highest BCUT2D eigenvalue weighted by Crippen LogP contribution is 2.49. The summed E-state index contributed by atoms with van der Waals surface area (Å²) < 4.78 is 0. The summed E-state index contributed by atoms with van der Waals surface area (Å²) in [7, 11) is 0. The molecule has 1 heteroatoms. The number of nitrogens with one attached hydrogen (secondary N) is 1. The number of hydrogen-bond donors (Lipinski definition) is 1. The maximum absolute atomic E-state index is 3.86. The Bertz CT molecular complexity index is 364. The van der Waals surface area contributed by atoms with E-state index in [1.807, 2.05) is 0 Å². The van der Waals surface area contributed by atoms with Gasteiger partial charge >= 0.3 is 0 Å². The zero-order valence-electron chi connectivity index (χ0n) is 11.3. The van der Waals surface area contributed by atoms with Crippen LogP contribution >= 0.6 is 0 Å². The van der Waals surface area contributed by atoms with Crippen LogP contribution in [-0.2, 0) is 6.54 Å². The van der Waals surface area contributed by atoms with Gasteiger partial charge in [0, 0.05) is 12.6 Å². The predicted molar refractivity (Wildman–Crippen MR) is 76.4 cm³/mol. The molecule has 1 aromatic carbocycles. The summed E-state index contributed by atoms with van der Waals surface area (Å²) in [6.07, 6.45) is 11.6. The number of rotatable bonds is 3. The van der Waals surface area contributed by atoms with Crippen LogP contribution in [0.2, 0.25) is 0 Å². The average molecular weight is 243 g/mol. The van der Waals surface area contributed by atoms with Gasteiger partial charge in [-0.15, -0.1) is 0 Å². The highest BCUT2D eigenvalue weighted by Gasteiger charge is 2.42. The van der Waals surface area contributed by atoms with Crippen LogP contribution < -0.4 is 5.32 Å². The van der Waals surface area contributed by atoms with Crippen molar-refractivity contribution in [2.45, 2.75) is 64.0 Å². The lowest BCUT2D eigenvalue weighted by Gasteiger charge is -2.39. The lowest BCUT2D eigenvalue weighted by molar-refractivity contribution is 0.148. The summed E-state index contributed by atoms with van der Waals surface area (Å²) in [5.74, 6) is 0. The minimum atomic E-state index is 0.660. The molecule has 98 valence electrons. The molecule has 1 nitrogen and oxygen atoms in total. The maximum atomic E-state index is 3.86. The molecule has 0 amide bonds. The molecule has 2 aliphatic rings. The standard InChI is InChI=1S/C17H25N/c1-3-8-15(9-4-1)14-18-16-10-7-13-17(16)11-5-2-6-12-17/h1,3-4,8-9,16,18H,2,5-7,10-14H2. The highest BCUT2D eigenvalue weighted by atomic mass is 14.9. The maximum Gasteiger partial charge on any atom is 0.0208 e. The molecule has 0 heterocycles. The lowest BCUT2D eigenvalue weighted by Crippen LogP contribution is -2.42. The normalized spacial score (nSPS) is 26.6. The lowest BCUT2D eigenvalue weighted by atomic mass is 9.70. The number of benzene rings is 1. The summed E-state index contributed by atoms with van der Waals surface area (Å²) in [6, 6.07) is 11.6. The van der Waals surface area contributed by atoms with E-state index in [0.29, 0.717) is 5.41 Å². The molecule has 1 N–H and O–H groups in total. The van der Waals surface area contributed by atoms with Crippen LogP contribution in [-0.4, -0.2) is 6.04 Å². The van der Waals surface area contributed by atoms with Crippen molar-refractivity contribution in [3.05, 3.63) is 35.9 Å². The summed E-state index contributed by atoms with van der Waals surface area (Å²) in [5, 5.41) is 3.86. The third-order valence-corrected chi connectivity index (χ3v) is 5.15. The molecule has 0 aromatic heterocycles. The van der Waals surface area contributed by atoms with Gasteiger partial charge < -0.3 is 5.32 Å². The van der Waals surface area contributed by atoms with E-state index in [1.165, 1.54) is 56.9 Å². The molecule has 1 spiro atoms. The van der Waals surface area contributed by atoms with Crippen molar-refractivity contribution in [2.24, 2.45) is 5.41 Å². The summed E-state index contributed by atoms with van der Waals surface area (Å²) in [6.45, 7) is 1.05. The van der Waals surface area contributed by atoms with Crippen LogP contribution in [0.3, 0.4) is 0 Å². The molecule has 18 heavy (non-hydrogen) atoms. The quantitative estimate of drug-likeness (QED) is 0.835. The largest absolute Gasteiger partial charge is 0.309 e. The molecule has 1 aromatic rings. The SMILES string of the molecule is c1ccc(CNC2CCCC23CCCCC3)cc1. The topological polar surface area (TPSA) is 12.0 Å². The fourth-order valence-electron chi connectivity index (χ4n) is 4.15. The van der Waals surface area contributed by atoms with E-state index in [9.17, 15) is 0 Å². The second-order valence-electron chi connectivity index (χ2n) is 6.23. The van der Waals surface area contributed by atoms with Gasteiger partial charge in [-0.2, -0.15) is 0 Å². The molecule has 2 saturated carbocycles. The zero-order valence-corrected chi connectivity index (χ0v) is 11.3. The average Bonchev–Trinajstić information content (AvgIpc) is 2.81. The van der Waals surface area contributed by atoms with Crippen LogP contribution in [0.5, 0.6) is 0 Å². The number of hydrogen-bond acceptors (Lipinski definition) is 1. The monoisotopic (exact) mass is 243 g/mol. The third kappa shape index (κ3) is 2.47. The van der Waals surface area contributed by atoms with E-state index in [-0.39, 0.29) is 0 Å². The van der Waals surface area contributed by atoms with Gasteiger partial charge in [0.15, 0.2) is 0 Å². The van der Waals surface area contributed by atoms with Crippen molar-refractivity contribution in [2.75, 3.05) is 0 Å². The Hall–Kier alpha value is -0.820. The van der Waals surface area contributed by atoms with Crippen LogP contribution in [0, 0.1) is 5.41 Å². The van der Waals surface area contributed by atoms with Crippen molar-refractivity contribution < 1.29 is 0 Å². The third-order valence-electron chi connectivity index (χ3n) is 5.15. The van der Waals surface area contributed by atoms with Crippen LogP contribution in [0.25, 0.3) is 0 Å². The zero-order chi connectivity index (χ0) is 12.3. The summed E-state index contributed by atoms with van der Waals surface area (Å²) in [4.78, 5) is 0. The van der Waals surface area contributed by atoms with Crippen LogP contribution in [0.4, 0.5) is 0 Å². The van der Waals surface area contributed by atoms with E-state index < -0.39 is 0 Å². The molecule has 1 unspecified atom stereocenters. The van der Waals surface area contributed by atoms with Gasteiger partial charge in [0.2, 0.25) is 0 Å². The minimum absolute atomic E-state index is 0.660. The van der Waals surface area contributed by atoms with E-state index in [0.717, 1.165) is 12.6 Å². The molecule has 1 atom stereocenters. The van der Waals surface area contributed by atoms with Gasteiger partial charge in [-0.3, -0.25) is 0 Å². The van der Waals surface area contributed by atoms with Crippen molar-refractivity contribution in [3.8, 4) is 0 Å². The second-order valence-corrected chi connectivity index (χ2v) is 6.23. The molecule has 2 aliphatic carbocycles. The van der Waals surface area contributed by atoms with Crippen molar-refractivity contribution in [1.82, 2.24) is 5.32 Å². The van der Waals surface area contributed by atoms with E-state index in [4.69, 9.17) is 0 Å². The Labute approximate surface area is 111 Å². The van der Waals surface area contributed by atoms with Gasteiger partial charge in [-0.25, -0.2) is 0 Å². The molecule has 0 bridgehead atoms. The molecule has 3 rings (SSSR count). The van der Waals surface area contributed by atoms with Gasteiger partial charge in [-0.05, 0) is 36.7 Å². The first-order valence-corrected chi connectivity index (χ1v) is 7.66. The van der Waals surface area contributed by atoms with E-state index >= 15 is 0 Å². The van der Waals surface area contributed by atoms with Crippen molar-refractivity contribution in [1.29, 1.82) is 0 Å². The fraction of sp³-hybridized carbons (Fsp3) is 0.647. The van der Waals surface area contributed by atoms with E-state index in [1.54, 1.807) is 0 Å². The highest BCUT2D eigenvalue weighted by molar-refractivity contribution is 5.14. The van der Waals surface area contributed by atoms with Gasteiger partial charge in [0.05, 0.1) is 0 Å². The molecule has 0 aliphatic heterocycles. The van der Waals surface area contributed by atoms with Gasteiger partial charge in [0.25, 0.3) is 0 Å². The molecular formula is C17H25N. The minimum Gasteiger partial charge on any atom is -0.309 e. The van der Waals surface area contributed by atoms with Crippen molar-refractivity contribution in [3.63, 3.8) is 0 Å². The Morgan fingerprint density at radius 2 is 1.67 bits per heavy atom. The summed E-state index contributed by atoms with van der Waals surface area (Å²) >= 11 is 0. The first-order chi connectivity index (χ1) is 8.89. The Morgan fingerprint density at radius 3 is 2.44 bits per heavy atom. The first-order valence-electron chi connectivity index (χ1n) is 7.66. The Balaban J connectivity index is 1.61. The fourth-order valence-corrected chi connectivity index (χ4v) is 4.15. The summed E-state index contributed by atoms with van der Waals surface area (Å²) in [5.41, 5.74) is 2.09. The molecule has 0 saturated heterocycles. The Kier molecular flexibility index (Phi) is 3.69. The molecule has 0 radical (unpaired) electrons. The molecule has 2 fully saturated rings. The second kappa shape index (κ2) is 5.44. The Morgan fingerprint density at radius 1 is 0.944 bits per heavy atom. The predicted octanol–water partition coefficient (Wildman–Crippen LogP) is 4.28. The first kappa shape index (κ1) is 12.2. The van der Waals surface area contributed by atoms with Crippen LogP contribution in [0.1, 0.15) is 56.9 Å². The smallest absolute Gasteiger partial charge is 0.0208 e. The van der Waals surface area contributed by atoms with Gasteiger partial charge in [-0.1, -0.05) is 56.0 Å². The van der Waals surface area contributed by atoms with E-state index in [2.05, 4.69) is 35.6 Å². The van der Waals surface area contributed by atoms with Crippen molar-refractivity contribution >= 4 is 0 Å².